The molecule has 0 aromatic carbocycles. The van der Waals surface area contributed by atoms with E-state index in [1.807, 2.05) is 6.08 Å². The minimum Gasteiger partial charge on any atom is -0.394 e. The molecule has 2 aliphatic rings. The molecule has 0 aliphatic carbocycles. The van der Waals surface area contributed by atoms with Crippen molar-refractivity contribution < 1.29 is 64.6 Å². The second-order valence-corrected chi connectivity index (χ2v) is 25.3. The standard InChI is InChI=1S/C78H133NO13/c1-3-5-7-9-11-13-15-17-19-21-23-25-27-28-29-30-31-32-33-34-35-36-37-38-40-42-44-46-48-50-52-54-56-58-60-62-70(83)79-66(65-89-77-75(88)73(86)76(69(64-81)91-77)92-78-74(87)72(85)71(84)68(63-80)90-78)67(82)61-59-57-55-53-51-49-47-45-43-41-39-26-24-22-20-18-16-14-12-10-8-6-4-2/h5,7,11,13,17,19,23,25,28-29,31-32,34-35,37-38,42,44,59,61,66-69,71-78,80-82,84-88H,3-4,6,8-10,12,14-16,18,20-22,24,26-27,30,33,36,39-41,43,45-58,60,62-65H2,1-2H3,(H,79,83)/b7-5-,13-11-,19-17-,25-23-,29-28-,32-31-,35-34-,38-37-,44-42-,61-59+. The summed E-state index contributed by atoms with van der Waals surface area (Å²) in [4.78, 5) is 13.4. The summed E-state index contributed by atoms with van der Waals surface area (Å²) < 4.78 is 22.9. The van der Waals surface area contributed by atoms with Gasteiger partial charge in [-0.15, -0.1) is 0 Å². The van der Waals surface area contributed by atoms with Gasteiger partial charge in [0.05, 0.1) is 32.0 Å². The number of aliphatic hydroxyl groups excluding tert-OH is 8. The molecule has 0 spiro atoms. The van der Waals surface area contributed by atoms with E-state index in [4.69, 9.17) is 18.9 Å². The summed E-state index contributed by atoms with van der Waals surface area (Å²) in [5, 5.41) is 87.5. The maximum Gasteiger partial charge on any atom is 0.220 e. The van der Waals surface area contributed by atoms with Gasteiger partial charge in [0, 0.05) is 6.42 Å². The number of hydrogen-bond donors (Lipinski definition) is 9. The number of carbonyl (C=O) groups is 1. The zero-order valence-electron chi connectivity index (χ0n) is 57.5. The fourth-order valence-corrected chi connectivity index (χ4v) is 11.3. The largest absolute Gasteiger partial charge is 0.394 e. The molecule has 92 heavy (non-hydrogen) atoms. The van der Waals surface area contributed by atoms with Crippen LogP contribution in [0.5, 0.6) is 0 Å². The molecule has 2 saturated heterocycles. The van der Waals surface area contributed by atoms with Crippen molar-refractivity contribution in [1.29, 1.82) is 0 Å². The highest BCUT2D eigenvalue weighted by Gasteiger charge is 2.51. The number of aliphatic hydroxyl groups is 8. The molecule has 0 saturated carbocycles. The average Bonchev–Trinajstić information content (AvgIpc) is 0.830. The molecular weight excluding hydrogens is 1160 g/mol. The first-order chi connectivity index (χ1) is 45.1. The first kappa shape index (κ1) is 84.5. The smallest absolute Gasteiger partial charge is 0.220 e. The minimum atomic E-state index is -1.80. The molecule has 14 nitrogen and oxygen atoms in total. The lowest BCUT2D eigenvalue weighted by atomic mass is 9.97. The van der Waals surface area contributed by atoms with Gasteiger partial charge in [-0.25, -0.2) is 0 Å². The van der Waals surface area contributed by atoms with Gasteiger partial charge < -0.3 is 65.1 Å². The summed E-state index contributed by atoms with van der Waals surface area (Å²) in [6.45, 7) is 2.70. The first-order valence-corrected chi connectivity index (χ1v) is 36.8. The molecule has 2 heterocycles. The Morgan fingerprint density at radius 2 is 0.750 bits per heavy atom. The third-order valence-electron chi connectivity index (χ3n) is 17.2. The Kier molecular flexibility index (Phi) is 56.0. The SMILES string of the molecule is CC/C=C\C/C=C\C/C=C\C/C=C\C/C=C\C/C=C\C/C=C\C/C=C\C/C=C\CCCCCCCCCC(=O)NC(COC1OC(CO)C(OC2OC(CO)C(O)C(O)C2O)C(O)C1O)C(O)/C=C/CCCCCCCCCCCCCCCCCCCCCCC. The van der Waals surface area contributed by atoms with Gasteiger partial charge in [0.15, 0.2) is 12.6 Å². The Hall–Kier alpha value is -3.61. The maximum atomic E-state index is 13.4. The molecule has 0 aromatic rings. The number of amides is 1. The van der Waals surface area contributed by atoms with E-state index in [0.717, 1.165) is 122 Å². The van der Waals surface area contributed by atoms with Gasteiger partial charge >= 0.3 is 0 Å². The number of carbonyl (C=O) groups excluding carboxylic acids is 1. The molecule has 1 amide bonds. The molecule has 14 heteroatoms. The Morgan fingerprint density at radius 1 is 0.402 bits per heavy atom. The lowest BCUT2D eigenvalue weighted by Crippen LogP contribution is -2.65. The molecule has 0 aromatic heterocycles. The van der Waals surface area contributed by atoms with Crippen LogP contribution >= 0.6 is 0 Å². The van der Waals surface area contributed by atoms with Crippen LogP contribution in [0.25, 0.3) is 0 Å². The van der Waals surface area contributed by atoms with Crippen molar-refractivity contribution in [2.24, 2.45) is 0 Å². The van der Waals surface area contributed by atoms with E-state index in [-0.39, 0.29) is 18.9 Å². The normalized spacial score (nSPS) is 23.4. The third kappa shape index (κ3) is 44.2. The summed E-state index contributed by atoms with van der Waals surface area (Å²) >= 11 is 0. The van der Waals surface area contributed by atoms with Crippen molar-refractivity contribution >= 4 is 5.91 Å². The summed E-state index contributed by atoms with van der Waals surface area (Å²) in [5.74, 6) is -0.253. The Balaban J connectivity index is 1.68. The molecule has 2 fully saturated rings. The molecular formula is C78H133NO13. The van der Waals surface area contributed by atoms with Crippen LogP contribution in [0.4, 0.5) is 0 Å². The molecule has 0 bridgehead atoms. The summed E-state index contributed by atoms with van der Waals surface area (Å²) in [6, 6.07) is -0.931. The van der Waals surface area contributed by atoms with Gasteiger partial charge in [0.25, 0.3) is 0 Å². The minimum absolute atomic E-state index is 0.253. The van der Waals surface area contributed by atoms with Gasteiger partial charge in [-0.05, 0) is 89.9 Å². The zero-order valence-corrected chi connectivity index (χ0v) is 57.5. The van der Waals surface area contributed by atoms with Crippen LogP contribution in [0.15, 0.2) is 122 Å². The fourth-order valence-electron chi connectivity index (χ4n) is 11.3. The second-order valence-electron chi connectivity index (χ2n) is 25.3. The van der Waals surface area contributed by atoms with E-state index in [0.29, 0.717) is 6.42 Å². The molecule has 2 aliphatic heterocycles. The van der Waals surface area contributed by atoms with Crippen LogP contribution in [0, 0.1) is 0 Å². The molecule has 12 unspecified atom stereocenters. The van der Waals surface area contributed by atoms with E-state index in [9.17, 15) is 45.6 Å². The molecule has 528 valence electrons. The van der Waals surface area contributed by atoms with Gasteiger partial charge in [0.1, 0.15) is 48.8 Å². The third-order valence-corrected chi connectivity index (χ3v) is 17.2. The van der Waals surface area contributed by atoms with Crippen LogP contribution in [0.2, 0.25) is 0 Å². The molecule has 0 radical (unpaired) electrons. The average molecular weight is 1290 g/mol. The van der Waals surface area contributed by atoms with Crippen molar-refractivity contribution in [3.63, 3.8) is 0 Å². The number of rotatable bonds is 59. The summed E-state index contributed by atoms with van der Waals surface area (Å²) in [5.41, 5.74) is 0. The maximum absolute atomic E-state index is 13.4. The number of hydrogen-bond acceptors (Lipinski definition) is 13. The molecule has 9 N–H and O–H groups in total. The highest BCUT2D eigenvalue weighted by atomic mass is 16.7. The number of ether oxygens (including phenoxy) is 4. The van der Waals surface area contributed by atoms with Crippen molar-refractivity contribution in [2.75, 3.05) is 19.8 Å². The lowest BCUT2D eigenvalue weighted by molar-refractivity contribution is -0.359. The monoisotopic (exact) mass is 1290 g/mol. The highest BCUT2D eigenvalue weighted by molar-refractivity contribution is 5.76. The molecule has 12 atom stereocenters. The summed E-state index contributed by atoms with van der Waals surface area (Å²) in [7, 11) is 0. The topological polar surface area (TPSA) is 228 Å². The first-order valence-electron chi connectivity index (χ1n) is 36.8. The van der Waals surface area contributed by atoms with Crippen LogP contribution in [0.3, 0.4) is 0 Å². The van der Waals surface area contributed by atoms with E-state index >= 15 is 0 Å². The van der Waals surface area contributed by atoms with E-state index in [2.05, 4.69) is 129 Å². The summed E-state index contributed by atoms with van der Waals surface area (Å²) in [6.07, 6.45) is 72.4. The molecule has 2 rings (SSSR count). The van der Waals surface area contributed by atoms with Crippen molar-refractivity contribution in [3.05, 3.63) is 122 Å². The van der Waals surface area contributed by atoms with Crippen molar-refractivity contribution in [1.82, 2.24) is 5.32 Å². The van der Waals surface area contributed by atoms with E-state index in [1.165, 1.54) is 122 Å². The van der Waals surface area contributed by atoms with Gasteiger partial charge in [-0.2, -0.15) is 0 Å². The van der Waals surface area contributed by atoms with Crippen molar-refractivity contribution in [3.8, 4) is 0 Å². The predicted octanol–water partition coefficient (Wildman–Crippen LogP) is 15.7. The number of unbranched alkanes of at least 4 members (excludes halogenated alkanes) is 28. The lowest BCUT2D eigenvalue weighted by Gasteiger charge is -2.46. The quantitative estimate of drug-likeness (QED) is 0.0204. The highest BCUT2D eigenvalue weighted by Crippen LogP contribution is 2.30. The van der Waals surface area contributed by atoms with Gasteiger partial charge in [-0.1, -0.05) is 296 Å². The predicted molar refractivity (Wildman–Crippen MR) is 378 cm³/mol. The Labute approximate surface area is 558 Å². The van der Waals surface area contributed by atoms with Gasteiger partial charge in [0.2, 0.25) is 5.91 Å². The Morgan fingerprint density at radius 3 is 1.15 bits per heavy atom. The number of nitrogens with one attached hydrogen (secondary N) is 1. The van der Waals surface area contributed by atoms with E-state index in [1.54, 1.807) is 6.08 Å². The second kappa shape index (κ2) is 61.0. The van der Waals surface area contributed by atoms with Crippen LogP contribution in [-0.4, -0.2) is 140 Å². The van der Waals surface area contributed by atoms with Crippen LogP contribution in [0.1, 0.15) is 271 Å². The number of allylic oxidation sites excluding steroid dienone is 19. The fraction of sp³-hybridized carbons (Fsp3) is 0.731. The Bertz CT molecular complexity index is 2010. The zero-order chi connectivity index (χ0) is 66.6. The van der Waals surface area contributed by atoms with Gasteiger partial charge in [-0.3, -0.25) is 4.79 Å². The van der Waals surface area contributed by atoms with E-state index < -0.39 is 86.8 Å². The van der Waals surface area contributed by atoms with Crippen LogP contribution in [-0.2, 0) is 23.7 Å². The van der Waals surface area contributed by atoms with Crippen LogP contribution < -0.4 is 5.32 Å². The van der Waals surface area contributed by atoms with Crippen molar-refractivity contribution in [2.45, 2.75) is 344 Å².